The minimum Gasteiger partial charge on any atom is -0.496 e. The molecule has 0 saturated carbocycles. The summed E-state index contributed by atoms with van der Waals surface area (Å²) in [5, 5.41) is 0. The lowest BCUT2D eigenvalue weighted by atomic mass is 10.1. The van der Waals surface area contributed by atoms with Crippen LogP contribution in [0.2, 0.25) is 0 Å². The molecule has 3 rings (SSSR count). The molecule has 0 aliphatic rings. The monoisotopic (exact) mass is 365 g/mol. The summed E-state index contributed by atoms with van der Waals surface area (Å²) in [4.78, 5) is 28.0. The average molecular weight is 365 g/mol. The summed E-state index contributed by atoms with van der Waals surface area (Å²) in [7, 11) is 1.52. The number of esters is 1. The number of nitrogens with zero attached hydrogens (tertiary/aromatic N) is 1. The SMILES string of the molecule is COc1ccc(C(C)=O)cc1COC(=O)Cc1coc(-c2ccccc2)n1. The molecule has 2 aromatic carbocycles. The third-order valence-electron chi connectivity index (χ3n) is 3.97. The molecule has 0 bridgehead atoms. The van der Waals surface area contributed by atoms with Crippen molar-refractivity contribution in [3.8, 4) is 17.2 Å². The predicted octanol–water partition coefficient (Wildman–Crippen LogP) is 3.84. The van der Waals surface area contributed by atoms with Gasteiger partial charge in [0.2, 0.25) is 5.89 Å². The fraction of sp³-hybridized carbons (Fsp3) is 0.190. The number of ketones is 1. The minimum atomic E-state index is -0.446. The summed E-state index contributed by atoms with van der Waals surface area (Å²) in [6.07, 6.45) is 1.44. The number of methoxy groups -OCH3 is 1. The molecular formula is C21H19NO5. The second-order valence-electron chi connectivity index (χ2n) is 5.93. The van der Waals surface area contributed by atoms with Gasteiger partial charge in [-0.15, -0.1) is 0 Å². The molecule has 6 heteroatoms. The second kappa shape index (κ2) is 8.31. The second-order valence-corrected chi connectivity index (χ2v) is 5.93. The van der Waals surface area contributed by atoms with Crippen molar-refractivity contribution in [3.05, 3.63) is 71.6 Å². The van der Waals surface area contributed by atoms with Crippen molar-refractivity contribution in [2.75, 3.05) is 7.11 Å². The summed E-state index contributed by atoms with van der Waals surface area (Å²) in [5.74, 6) is 0.495. The molecule has 27 heavy (non-hydrogen) atoms. The van der Waals surface area contributed by atoms with Crippen LogP contribution in [0, 0.1) is 0 Å². The van der Waals surface area contributed by atoms with Crippen LogP contribution >= 0.6 is 0 Å². The van der Waals surface area contributed by atoms with Gasteiger partial charge in [0.15, 0.2) is 5.78 Å². The van der Waals surface area contributed by atoms with E-state index in [4.69, 9.17) is 13.9 Å². The van der Waals surface area contributed by atoms with Crippen molar-refractivity contribution in [2.45, 2.75) is 20.0 Å². The first-order valence-corrected chi connectivity index (χ1v) is 8.40. The first-order chi connectivity index (χ1) is 13.1. The lowest BCUT2D eigenvalue weighted by Gasteiger charge is -2.10. The Labute approximate surface area is 156 Å². The Morgan fingerprint density at radius 3 is 2.59 bits per heavy atom. The standard InChI is InChI=1S/C21H19NO5/c1-14(23)16-8-9-19(25-2)17(10-16)12-26-20(24)11-18-13-27-21(22-18)15-6-4-3-5-7-15/h3-10,13H,11-12H2,1-2H3. The van der Waals surface area contributed by atoms with Crippen LogP contribution in [0.25, 0.3) is 11.5 Å². The van der Waals surface area contributed by atoms with Gasteiger partial charge in [-0.25, -0.2) is 4.98 Å². The third kappa shape index (κ3) is 4.61. The van der Waals surface area contributed by atoms with Gasteiger partial charge in [0.25, 0.3) is 0 Å². The van der Waals surface area contributed by atoms with Crippen LogP contribution in [0.5, 0.6) is 5.75 Å². The molecular weight excluding hydrogens is 346 g/mol. The molecule has 0 saturated heterocycles. The van der Waals surface area contributed by atoms with Gasteiger partial charge in [-0.2, -0.15) is 0 Å². The Morgan fingerprint density at radius 1 is 1.11 bits per heavy atom. The van der Waals surface area contributed by atoms with E-state index in [9.17, 15) is 9.59 Å². The largest absolute Gasteiger partial charge is 0.496 e. The van der Waals surface area contributed by atoms with E-state index >= 15 is 0 Å². The maximum atomic E-state index is 12.1. The Balaban J connectivity index is 1.63. The molecule has 0 amide bonds. The summed E-state index contributed by atoms with van der Waals surface area (Å²) < 4.78 is 16.0. The fourth-order valence-corrected chi connectivity index (χ4v) is 2.57. The number of carbonyl (C=O) groups excluding carboxylic acids is 2. The van der Waals surface area contributed by atoms with Crippen LogP contribution in [0.3, 0.4) is 0 Å². The molecule has 0 N–H and O–H groups in total. The van der Waals surface area contributed by atoms with E-state index in [1.54, 1.807) is 18.2 Å². The van der Waals surface area contributed by atoms with Gasteiger partial charge in [-0.05, 0) is 37.3 Å². The summed E-state index contributed by atoms with van der Waals surface area (Å²) in [5.41, 5.74) is 2.49. The highest BCUT2D eigenvalue weighted by molar-refractivity contribution is 5.94. The highest BCUT2D eigenvalue weighted by Crippen LogP contribution is 2.22. The van der Waals surface area contributed by atoms with Gasteiger partial charge < -0.3 is 13.9 Å². The van der Waals surface area contributed by atoms with E-state index in [-0.39, 0.29) is 18.8 Å². The van der Waals surface area contributed by atoms with E-state index in [0.29, 0.717) is 28.5 Å². The highest BCUT2D eigenvalue weighted by Gasteiger charge is 2.13. The van der Waals surface area contributed by atoms with E-state index in [0.717, 1.165) is 5.56 Å². The highest BCUT2D eigenvalue weighted by atomic mass is 16.5. The van der Waals surface area contributed by atoms with Crippen molar-refractivity contribution in [2.24, 2.45) is 0 Å². The van der Waals surface area contributed by atoms with Gasteiger partial charge in [0.1, 0.15) is 18.6 Å². The number of rotatable bonds is 7. The van der Waals surface area contributed by atoms with E-state index in [2.05, 4.69) is 4.98 Å². The number of aromatic nitrogens is 1. The Morgan fingerprint density at radius 2 is 1.89 bits per heavy atom. The quantitative estimate of drug-likeness (QED) is 0.468. The van der Waals surface area contributed by atoms with Crippen molar-refractivity contribution < 1.29 is 23.5 Å². The zero-order valence-electron chi connectivity index (χ0n) is 15.1. The molecule has 1 aromatic heterocycles. The van der Waals surface area contributed by atoms with Gasteiger partial charge in [0, 0.05) is 16.7 Å². The number of oxazole rings is 1. The molecule has 0 fully saturated rings. The zero-order chi connectivity index (χ0) is 19.2. The zero-order valence-corrected chi connectivity index (χ0v) is 15.1. The van der Waals surface area contributed by atoms with Gasteiger partial charge in [0.05, 0.1) is 19.2 Å². The molecule has 138 valence electrons. The summed E-state index contributed by atoms with van der Waals surface area (Å²) >= 11 is 0. The maximum Gasteiger partial charge on any atom is 0.312 e. The van der Waals surface area contributed by atoms with Gasteiger partial charge >= 0.3 is 5.97 Å². The average Bonchev–Trinajstić information content (AvgIpc) is 3.15. The number of hydrogen-bond donors (Lipinski definition) is 0. The van der Waals surface area contributed by atoms with E-state index in [1.807, 2.05) is 30.3 Å². The van der Waals surface area contributed by atoms with E-state index < -0.39 is 5.97 Å². The van der Waals surface area contributed by atoms with Gasteiger partial charge in [-0.3, -0.25) is 9.59 Å². The van der Waals surface area contributed by atoms with Crippen LogP contribution in [0.1, 0.15) is 28.5 Å². The lowest BCUT2D eigenvalue weighted by Crippen LogP contribution is -2.09. The molecule has 0 atom stereocenters. The molecule has 0 spiro atoms. The first-order valence-electron chi connectivity index (χ1n) is 8.40. The lowest BCUT2D eigenvalue weighted by molar-refractivity contribution is -0.144. The van der Waals surface area contributed by atoms with Crippen LogP contribution in [-0.4, -0.2) is 23.8 Å². The Bertz CT molecular complexity index is 946. The molecule has 0 aliphatic heterocycles. The van der Waals surface area contributed by atoms with Crippen molar-refractivity contribution in [3.63, 3.8) is 0 Å². The number of hydrogen-bond acceptors (Lipinski definition) is 6. The van der Waals surface area contributed by atoms with Crippen molar-refractivity contribution in [1.82, 2.24) is 4.98 Å². The first kappa shape index (κ1) is 18.4. The molecule has 6 nitrogen and oxygen atoms in total. The molecule has 0 unspecified atom stereocenters. The summed E-state index contributed by atoms with van der Waals surface area (Å²) in [6.45, 7) is 1.49. The molecule has 3 aromatic rings. The smallest absolute Gasteiger partial charge is 0.312 e. The number of benzene rings is 2. The van der Waals surface area contributed by atoms with Crippen molar-refractivity contribution in [1.29, 1.82) is 0 Å². The van der Waals surface area contributed by atoms with Crippen LogP contribution in [0.15, 0.2) is 59.2 Å². The molecule has 1 heterocycles. The van der Waals surface area contributed by atoms with Crippen LogP contribution in [0.4, 0.5) is 0 Å². The van der Waals surface area contributed by atoms with E-state index in [1.165, 1.54) is 20.3 Å². The summed E-state index contributed by atoms with van der Waals surface area (Å²) in [6, 6.07) is 14.4. The maximum absolute atomic E-state index is 12.1. The number of Topliss-reactive ketones (excluding diaryl/α,β-unsaturated/α-hetero) is 1. The topological polar surface area (TPSA) is 78.6 Å². The van der Waals surface area contributed by atoms with Crippen LogP contribution in [-0.2, 0) is 22.6 Å². The molecule has 0 radical (unpaired) electrons. The number of carbonyl (C=O) groups is 2. The predicted molar refractivity (Wildman–Crippen MR) is 98.4 cm³/mol. The third-order valence-corrected chi connectivity index (χ3v) is 3.97. The Hall–Kier alpha value is -3.41. The number of ether oxygens (including phenoxy) is 2. The van der Waals surface area contributed by atoms with Crippen LogP contribution < -0.4 is 4.74 Å². The molecule has 0 aliphatic carbocycles. The normalized spacial score (nSPS) is 10.4. The minimum absolute atomic E-state index is 0.00647. The fourth-order valence-electron chi connectivity index (χ4n) is 2.57. The van der Waals surface area contributed by atoms with Crippen molar-refractivity contribution >= 4 is 11.8 Å². The Kier molecular flexibility index (Phi) is 5.66. The van der Waals surface area contributed by atoms with Gasteiger partial charge in [-0.1, -0.05) is 18.2 Å².